The van der Waals surface area contributed by atoms with Gasteiger partial charge in [0, 0.05) is 5.56 Å². The van der Waals surface area contributed by atoms with Crippen LogP contribution in [0, 0.1) is 0 Å². The molecule has 4 nitrogen and oxygen atoms in total. The fourth-order valence-electron chi connectivity index (χ4n) is 1.76. The summed E-state index contributed by atoms with van der Waals surface area (Å²) in [5, 5.41) is 9.63. The zero-order valence-electron chi connectivity index (χ0n) is 11.1. The summed E-state index contributed by atoms with van der Waals surface area (Å²) in [5.41, 5.74) is 1.22. The Morgan fingerprint density at radius 3 is 2.30 bits per heavy atom. The molecule has 1 unspecified atom stereocenters. The van der Waals surface area contributed by atoms with Gasteiger partial charge in [0.15, 0.2) is 5.06 Å². The third kappa shape index (κ3) is 2.88. The third-order valence-electron chi connectivity index (χ3n) is 3.05. The maximum atomic E-state index is 12.2. The molecule has 1 N–H and O–H groups in total. The molecule has 104 valence electrons. The smallest absolute Gasteiger partial charge is 0.310 e. The normalized spacial score (nSPS) is 11.9. The second-order valence-electron chi connectivity index (χ2n) is 4.33. The number of ether oxygens (including phenoxy) is 1. The van der Waals surface area contributed by atoms with Crippen LogP contribution in [0.2, 0.25) is 0 Å². The highest BCUT2D eigenvalue weighted by molar-refractivity contribution is 7.16. The fourth-order valence-corrected chi connectivity index (χ4v) is 2.54. The molecule has 2 aromatic rings. The van der Waals surface area contributed by atoms with Gasteiger partial charge in [0.2, 0.25) is 5.78 Å². The van der Waals surface area contributed by atoms with Gasteiger partial charge in [0.25, 0.3) is 0 Å². The van der Waals surface area contributed by atoms with Gasteiger partial charge in [-0.05, 0) is 24.6 Å². The first-order valence-corrected chi connectivity index (χ1v) is 6.86. The number of aliphatic carboxylic acids is 1. The summed E-state index contributed by atoms with van der Waals surface area (Å²) in [5.74, 6) is -1.55. The van der Waals surface area contributed by atoms with Crippen LogP contribution in [-0.4, -0.2) is 24.0 Å². The quantitative estimate of drug-likeness (QED) is 0.859. The van der Waals surface area contributed by atoms with Crippen molar-refractivity contribution in [3.05, 3.63) is 52.4 Å². The van der Waals surface area contributed by atoms with Gasteiger partial charge in [-0.3, -0.25) is 9.59 Å². The lowest BCUT2D eigenvalue weighted by molar-refractivity contribution is -0.138. The number of carbonyl (C=O) groups is 2. The van der Waals surface area contributed by atoms with Crippen molar-refractivity contribution >= 4 is 23.1 Å². The molecule has 0 saturated heterocycles. The van der Waals surface area contributed by atoms with Crippen LogP contribution < -0.4 is 4.74 Å². The third-order valence-corrected chi connectivity index (χ3v) is 4.09. The molecule has 0 aliphatic rings. The van der Waals surface area contributed by atoms with E-state index in [0.29, 0.717) is 21.1 Å². The number of carboxylic acid groups (broad SMARTS) is 1. The minimum atomic E-state index is -0.882. The maximum Gasteiger partial charge on any atom is 0.310 e. The number of carboxylic acids is 1. The average Bonchev–Trinajstić information content (AvgIpc) is 2.94. The van der Waals surface area contributed by atoms with Gasteiger partial charge in [-0.2, -0.15) is 0 Å². The SMILES string of the molecule is COc1ccc(C(=O)c2ccc(C(C)C(=O)O)cc2)s1. The summed E-state index contributed by atoms with van der Waals surface area (Å²) in [6, 6.07) is 10.1. The Bertz CT molecular complexity index is 628. The van der Waals surface area contributed by atoms with Crippen LogP contribution in [0.4, 0.5) is 0 Å². The lowest BCUT2D eigenvalue weighted by Gasteiger charge is -2.07. The summed E-state index contributed by atoms with van der Waals surface area (Å²) < 4.78 is 5.06. The molecule has 0 amide bonds. The zero-order valence-corrected chi connectivity index (χ0v) is 11.9. The lowest BCUT2D eigenvalue weighted by atomic mass is 9.99. The molecule has 0 saturated carbocycles. The molecule has 0 radical (unpaired) electrons. The van der Waals surface area contributed by atoms with Crippen LogP contribution in [-0.2, 0) is 4.79 Å². The standard InChI is InChI=1S/C15H14O4S/c1-9(15(17)18)10-3-5-11(6-4-10)14(16)12-7-8-13(19-2)20-12/h3-9H,1-2H3,(H,17,18). The van der Waals surface area contributed by atoms with Gasteiger partial charge < -0.3 is 9.84 Å². The summed E-state index contributed by atoms with van der Waals surface area (Å²) in [6.07, 6.45) is 0. The van der Waals surface area contributed by atoms with E-state index in [0.717, 1.165) is 0 Å². The molecule has 1 aromatic carbocycles. The van der Waals surface area contributed by atoms with Crippen molar-refractivity contribution in [2.45, 2.75) is 12.8 Å². The molecule has 20 heavy (non-hydrogen) atoms. The van der Waals surface area contributed by atoms with Crippen molar-refractivity contribution in [3.8, 4) is 5.06 Å². The van der Waals surface area contributed by atoms with E-state index >= 15 is 0 Å². The van der Waals surface area contributed by atoms with Crippen molar-refractivity contribution in [3.63, 3.8) is 0 Å². The lowest BCUT2D eigenvalue weighted by Crippen LogP contribution is -2.07. The number of rotatable bonds is 5. The van der Waals surface area contributed by atoms with Crippen molar-refractivity contribution in [2.24, 2.45) is 0 Å². The molecule has 0 aliphatic carbocycles. The Balaban J connectivity index is 2.21. The fraction of sp³-hybridized carbons (Fsp3) is 0.200. The van der Waals surface area contributed by atoms with E-state index in [1.54, 1.807) is 50.4 Å². The maximum absolute atomic E-state index is 12.2. The molecule has 0 fully saturated rings. The number of carbonyl (C=O) groups excluding carboxylic acids is 1. The second kappa shape index (κ2) is 5.88. The molecule has 1 atom stereocenters. The van der Waals surface area contributed by atoms with E-state index in [4.69, 9.17) is 9.84 Å². The Hall–Kier alpha value is -2.14. The van der Waals surface area contributed by atoms with Crippen molar-refractivity contribution in [1.82, 2.24) is 0 Å². The zero-order chi connectivity index (χ0) is 14.7. The van der Waals surface area contributed by atoms with Gasteiger partial charge in [-0.25, -0.2) is 0 Å². The predicted octanol–water partition coefficient (Wildman–Crippen LogP) is 3.18. The number of thiophene rings is 1. The first-order chi connectivity index (χ1) is 9.52. The van der Waals surface area contributed by atoms with E-state index in [9.17, 15) is 9.59 Å². The van der Waals surface area contributed by atoms with Crippen molar-refractivity contribution in [1.29, 1.82) is 0 Å². The molecular weight excluding hydrogens is 276 g/mol. The van der Waals surface area contributed by atoms with Crippen molar-refractivity contribution < 1.29 is 19.4 Å². The summed E-state index contributed by atoms with van der Waals surface area (Å²) >= 11 is 1.29. The molecular formula is C15H14O4S. The summed E-state index contributed by atoms with van der Waals surface area (Å²) in [4.78, 5) is 23.7. The van der Waals surface area contributed by atoms with Crippen LogP contribution in [0.1, 0.15) is 33.6 Å². The van der Waals surface area contributed by atoms with E-state index in [1.807, 2.05) is 0 Å². The number of hydrogen-bond acceptors (Lipinski definition) is 4. The molecule has 0 aliphatic heterocycles. The first-order valence-electron chi connectivity index (χ1n) is 6.04. The topological polar surface area (TPSA) is 63.6 Å². The number of methoxy groups -OCH3 is 1. The van der Waals surface area contributed by atoms with E-state index in [-0.39, 0.29) is 5.78 Å². The number of benzene rings is 1. The molecule has 1 heterocycles. The molecule has 0 spiro atoms. The van der Waals surface area contributed by atoms with Crippen LogP contribution in [0.25, 0.3) is 0 Å². The molecule has 0 bridgehead atoms. The van der Waals surface area contributed by atoms with Gasteiger partial charge in [0.1, 0.15) is 0 Å². The Morgan fingerprint density at radius 2 is 1.80 bits per heavy atom. The first kappa shape index (κ1) is 14.3. The minimum absolute atomic E-state index is 0.0900. The van der Waals surface area contributed by atoms with Crippen LogP contribution in [0.3, 0.4) is 0 Å². The monoisotopic (exact) mass is 290 g/mol. The highest BCUT2D eigenvalue weighted by Crippen LogP contribution is 2.26. The van der Waals surface area contributed by atoms with Crippen LogP contribution in [0.15, 0.2) is 36.4 Å². The minimum Gasteiger partial charge on any atom is -0.487 e. The van der Waals surface area contributed by atoms with Gasteiger partial charge >= 0.3 is 5.97 Å². The van der Waals surface area contributed by atoms with Gasteiger partial charge in [-0.15, -0.1) is 0 Å². The largest absolute Gasteiger partial charge is 0.487 e. The van der Waals surface area contributed by atoms with E-state index in [1.165, 1.54) is 11.3 Å². The van der Waals surface area contributed by atoms with Gasteiger partial charge in [0.05, 0.1) is 17.9 Å². The van der Waals surface area contributed by atoms with Crippen LogP contribution >= 0.6 is 11.3 Å². The van der Waals surface area contributed by atoms with E-state index in [2.05, 4.69) is 0 Å². The summed E-state index contributed by atoms with van der Waals surface area (Å²) in [7, 11) is 1.56. The second-order valence-corrected chi connectivity index (χ2v) is 5.38. The molecule has 1 aromatic heterocycles. The highest BCUT2D eigenvalue weighted by Gasteiger charge is 2.16. The van der Waals surface area contributed by atoms with Crippen molar-refractivity contribution in [2.75, 3.05) is 7.11 Å². The Labute approximate surface area is 120 Å². The highest BCUT2D eigenvalue weighted by atomic mass is 32.1. The Morgan fingerprint density at radius 1 is 1.15 bits per heavy atom. The van der Waals surface area contributed by atoms with Crippen LogP contribution in [0.5, 0.6) is 5.06 Å². The molecule has 5 heteroatoms. The van der Waals surface area contributed by atoms with E-state index < -0.39 is 11.9 Å². The Kier molecular flexibility index (Phi) is 4.20. The summed E-state index contributed by atoms with van der Waals surface area (Å²) in [6.45, 7) is 1.61. The number of hydrogen-bond donors (Lipinski definition) is 1. The number of ketones is 1. The molecule has 2 rings (SSSR count). The van der Waals surface area contributed by atoms with Gasteiger partial charge in [-0.1, -0.05) is 35.6 Å². The predicted molar refractivity (Wildman–Crippen MR) is 76.8 cm³/mol. The average molecular weight is 290 g/mol.